The van der Waals surface area contributed by atoms with E-state index in [4.69, 9.17) is 16.0 Å². The van der Waals surface area contributed by atoms with Gasteiger partial charge in [-0.25, -0.2) is 0 Å². The average Bonchev–Trinajstić information content (AvgIpc) is 2.67. The third kappa shape index (κ3) is 1.73. The molecule has 0 radical (unpaired) electrons. The molecule has 0 saturated carbocycles. The molecule has 4 heteroatoms. The number of amides is 1. The number of para-hydroxylation sites is 1. The zero-order chi connectivity index (χ0) is 12.7. The summed E-state index contributed by atoms with van der Waals surface area (Å²) >= 11 is 6.15. The van der Waals surface area contributed by atoms with Gasteiger partial charge in [-0.2, -0.15) is 0 Å². The third-order valence-electron chi connectivity index (χ3n) is 2.78. The van der Waals surface area contributed by atoms with Gasteiger partial charge in [-0.15, -0.1) is 0 Å². The van der Waals surface area contributed by atoms with Crippen LogP contribution in [0.2, 0.25) is 5.02 Å². The van der Waals surface area contributed by atoms with Gasteiger partial charge in [0, 0.05) is 23.8 Å². The van der Waals surface area contributed by atoms with Crippen LogP contribution in [-0.2, 0) is 4.79 Å². The van der Waals surface area contributed by atoms with Crippen molar-refractivity contribution in [1.29, 1.82) is 0 Å². The number of carbonyl (C=O) groups excluding carboxylic acids is 1. The fraction of sp³-hybridized carbons (Fsp3) is 0.0714. The van der Waals surface area contributed by atoms with Crippen molar-refractivity contribution in [2.45, 2.75) is 6.92 Å². The van der Waals surface area contributed by atoms with Crippen LogP contribution in [0.4, 0.5) is 5.69 Å². The van der Waals surface area contributed by atoms with Gasteiger partial charge in [-0.05, 0) is 12.1 Å². The number of rotatable bonds is 1. The van der Waals surface area contributed by atoms with Gasteiger partial charge in [-0.3, -0.25) is 4.79 Å². The average molecular weight is 260 g/mol. The second-order valence-corrected chi connectivity index (χ2v) is 4.51. The van der Waals surface area contributed by atoms with E-state index in [1.54, 1.807) is 6.07 Å². The molecule has 3 aromatic rings. The molecule has 1 heterocycles. The normalized spacial score (nSPS) is 11.0. The lowest BCUT2D eigenvalue weighted by atomic mass is 10.1. The molecule has 0 aliphatic carbocycles. The van der Waals surface area contributed by atoms with E-state index in [0.29, 0.717) is 16.3 Å². The number of anilines is 1. The first-order valence-corrected chi connectivity index (χ1v) is 5.91. The van der Waals surface area contributed by atoms with Gasteiger partial charge in [0.2, 0.25) is 5.91 Å². The van der Waals surface area contributed by atoms with Crippen molar-refractivity contribution in [2.24, 2.45) is 0 Å². The minimum Gasteiger partial charge on any atom is -0.456 e. The lowest BCUT2D eigenvalue weighted by Crippen LogP contribution is -2.05. The molecular formula is C14H10ClNO2. The van der Waals surface area contributed by atoms with Gasteiger partial charge < -0.3 is 9.73 Å². The maximum absolute atomic E-state index is 11.1. The number of fused-ring (bicyclic) bond motifs is 3. The lowest BCUT2D eigenvalue weighted by molar-refractivity contribution is -0.114. The van der Waals surface area contributed by atoms with Gasteiger partial charge in [0.05, 0.1) is 10.7 Å². The van der Waals surface area contributed by atoms with Crippen molar-refractivity contribution in [1.82, 2.24) is 0 Å². The number of hydrogen-bond donors (Lipinski definition) is 1. The SMILES string of the molecule is CC(=O)Nc1cc2oc3ccccc3c2cc1Cl. The van der Waals surface area contributed by atoms with E-state index in [2.05, 4.69) is 5.32 Å². The third-order valence-corrected chi connectivity index (χ3v) is 3.09. The smallest absolute Gasteiger partial charge is 0.221 e. The number of hydrogen-bond acceptors (Lipinski definition) is 2. The molecule has 2 aromatic carbocycles. The Hall–Kier alpha value is -2.00. The predicted molar refractivity (Wildman–Crippen MR) is 73.0 cm³/mol. The highest BCUT2D eigenvalue weighted by Crippen LogP contribution is 2.34. The Morgan fingerprint density at radius 1 is 1.17 bits per heavy atom. The van der Waals surface area contributed by atoms with Crippen molar-refractivity contribution >= 4 is 45.1 Å². The topological polar surface area (TPSA) is 42.2 Å². The van der Waals surface area contributed by atoms with Crippen LogP contribution in [0, 0.1) is 0 Å². The summed E-state index contributed by atoms with van der Waals surface area (Å²) in [6, 6.07) is 11.3. The Morgan fingerprint density at radius 2 is 1.94 bits per heavy atom. The molecule has 1 aromatic heterocycles. The van der Waals surface area contributed by atoms with Gasteiger partial charge in [0.1, 0.15) is 11.2 Å². The Labute approximate surface area is 108 Å². The fourth-order valence-electron chi connectivity index (χ4n) is 2.03. The summed E-state index contributed by atoms with van der Waals surface area (Å²) in [5, 5.41) is 5.15. The number of nitrogens with one attached hydrogen (secondary N) is 1. The summed E-state index contributed by atoms with van der Waals surface area (Å²) in [5.41, 5.74) is 2.09. The van der Waals surface area contributed by atoms with Crippen LogP contribution in [0.1, 0.15) is 6.92 Å². The summed E-state index contributed by atoms with van der Waals surface area (Å²) in [7, 11) is 0. The minimum atomic E-state index is -0.160. The molecule has 0 unspecified atom stereocenters. The summed E-state index contributed by atoms with van der Waals surface area (Å²) in [6.45, 7) is 1.44. The Bertz CT molecular complexity index is 761. The highest BCUT2D eigenvalue weighted by atomic mass is 35.5. The molecule has 3 rings (SSSR count). The molecule has 1 amide bonds. The van der Waals surface area contributed by atoms with Gasteiger partial charge in [0.15, 0.2) is 0 Å². The lowest BCUT2D eigenvalue weighted by Gasteiger charge is -2.04. The Balaban J connectivity index is 2.29. The maximum Gasteiger partial charge on any atom is 0.221 e. The molecule has 0 spiro atoms. The highest BCUT2D eigenvalue weighted by Gasteiger charge is 2.10. The van der Waals surface area contributed by atoms with E-state index in [-0.39, 0.29) is 5.91 Å². The van der Waals surface area contributed by atoms with Crippen LogP contribution >= 0.6 is 11.6 Å². The highest BCUT2D eigenvalue weighted by molar-refractivity contribution is 6.35. The molecule has 0 aliphatic heterocycles. The van der Waals surface area contributed by atoms with Crippen LogP contribution in [0.25, 0.3) is 21.9 Å². The number of furan rings is 1. The zero-order valence-electron chi connectivity index (χ0n) is 9.66. The van der Waals surface area contributed by atoms with Crippen LogP contribution in [0.5, 0.6) is 0 Å². The minimum absolute atomic E-state index is 0.160. The second kappa shape index (κ2) is 4.03. The quantitative estimate of drug-likeness (QED) is 0.712. The van der Waals surface area contributed by atoms with Crippen LogP contribution < -0.4 is 5.32 Å². The molecule has 0 fully saturated rings. The molecule has 0 aliphatic rings. The van der Waals surface area contributed by atoms with Gasteiger partial charge in [0.25, 0.3) is 0 Å². The second-order valence-electron chi connectivity index (χ2n) is 4.11. The van der Waals surface area contributed by atoms with Crippen molar-refractivity contribution < 1.29 is 9.21 Å². The van der Waals surface area contributed by atoms with E-state index < -0.39 is 0 Å². The predicted octanol–water partition coefficient (Wildman–Crippen LogP) is 4.20. The molecule has 3 nitrogen and oxygen atoms in total. The van der Waals surface area contributed by atoms with E-state index in [9.17, 15) is 4.79 Å². The largest absolute Gasteiger partial charge is 0.456 e. The monoisotopic (exact) mass is 259 g/mol. The molecule has 18 heavy (non-hydrogen) atoms. The van der Waals surface area contributed by atoms with E-state index >= 15 is 0 Å². The van der Waals surface area contributed by atoms with Crippen LogP contribution in [-0.4, -0.2) is 5.91 Å². The van der Waals surface area contributed by atoms with Crippen molar-refractivity contribution in [2.75, 3.05) is 5.32 Å². The summed E-state index contributed by atoms with van der Waals surface area (Å²) < 4.78 is 5.72. The number of carbonyl (C=O) groups is 1. The summed E-state index contributed by atoms with van der Waals surface area (Å²) in [6.07, 6.45) is 0. The molecule has 0 atom stereocenters. The fourth-order valence-corrected chi connectivity index (χ4v) is 2.24. The molecule has 1 N–H and O–H groups in total. The summed E-state index contributed by atoms with van der Waals surface area (Å²) in [5.74, 6) is -0.160. The van der Waals surface area contributed by atoms with Crippen LogP contribution in [0.15, 0.2) is 40.8 Å². The van der Waals surface area contributed by atoms with E-state index in [1.165, 1.54) is 6.92 Å². The molecule has 90 valence electrons. The maximum atomic E-state index is 11.1. The first-order chi connectivity index (χ1) is 8.65. The van der Waals surface area contributed by atoms with E-state index in [1.807, 2.05) is 30.3 Å². The Kier molecular flexibility index (Phi) is 2.49. The first kappa shape index (κ1) is 11.1. The summed E-state index contributed by atoms with van der Waals surface area (Å²) in [4.78, 5) is 11.1. The van der Waals surface area contributed by atoms with Gasteiger partial charge >= 0.3 is 0 Å². The van der Waals surface area contributed by atoms with Gasteiger partial charge in [-0.1, -0.05) is 29.8 Å². The van der Waals surface area contributed by atoms with Crippen molar-refractivity contribution in [3.8, 4) is 0 Å². The van der Waals surface area contributed by atoms with Crippen molar-refractivity contribution in [3.63, 3.8) is 0 Å². The molecular weight excluding hydrogens is 250 g/mol. The van der Waals surface area contributed by atoms with Crippen LogP contribution in [0.3, 0.4) is 0 Å². The molecule has 0 bridgehead atoms. The number of benzene rings is 2. The Morgan fingerprint density at radius 3 is 2.72 bits per heavy atom. The standard InChI is InChI=1S/C14H10ClNO2/c1-8(17)16-12-7-14-10(6-11(12)15)9-4-2-3-5-13(9)18-14/h2-7H,1H3,(H,16,17). The van der Waals surface area contributed by atoms with E-state index in [0.717, 1.165) is 16.4 Å². The zero-order valence-corrected chi connectivity index (χ0v) is 10.4. The molecule has 0 saturated heterocycles. The van der Waals surface area contributed by atoms with Crippen molar-refractivity contribution in [3.05, 3.63) is 41.4 Å². The first-order valence-electron chi connectivity index (χ1n) is 5.53. The number of halogens is 1.